The van der Waals surface area contributed by atoms with Crippen molar-refractivity contribution < 1.29 is 4.74 Å². The molecule has 4 heteroatoms. The molecule has 0 bridgehead atoms. The summed E-state index contributed by atoms with van der Waals surface area (Å²) in [5.41, 5.74) is 2.30. The van der Waals surface area contributed by atoms with Crippen molar-refractivity contribution in [1.29, 1.82) is 5.26 Å². The van der Waals surface area contributed by atoms with E-state index in [1.807, 2.05) is 36.4 Å². The van der Waals surface area contributed by atoms with E-state index in [1.165, 1.54) is 0 Å². The first-order valence-electron chi connectivity index (χ1n) is 5.34. The van der Waals surface area contributed by atoms with E-state index >= 15 is 0 Å². The number of nitrogens with zero attached hydrogens (tertiary/aromatic N) is 1. The van der Waals surface area contributed by atoms with E-state index in [0.29, 0.717) is 5.56 Å². The van der Waals surface area contributed by atoms with Gasteiger partial charge in [-0.25, -0.2) is 0 Å². The van der Waals surface area contributed by atoms with Gasteiger partial charge in [-0.05, 0) is 46.3 Å². The third-order valence-corrected chi connectivity index (χ3v) is 3.10. The third-order valence-electron chi connectivity index (χ3n) is 2.48. The highest BCUT2D eigenvalue weighted by Crippen LogP contribution is 2.29. The van der Waals surface area contributed by atoms with Crippen LogP contribution in [0.4, 0.5) is 11.4 Å². The van der Waals surface area contributed by atoms with Crippen LogP contribution in [0.3, 0.4) is 0 Å². The lowest BCUT2D eigenvalue weighted by Crippen LogP contribution is -1.94. The van der Waals surface area contributed by atoms with E-state index in [2.05, 4.69) is 27.3 Å². The number of hydrogen-bond donors (Lipinski definition) is 1. The molecule has 90 valence electrons. The van der Waals surface area contributed by atoms with E-state index in [1.54, 1.807) is 13.2 Å². The van der Waals surface area contributed by atoms with E-state index in [4.69, 9.17) is 10.00 Å². The predicted octanol–water partition coefficient (Wildman–Crippen LogP) is 4.07. The number of ether oxygens (including phenoxy) is 1. The van der Waals surface area contributed by atoms with Crippen molar-refractivity contribution in [3.8, 4) is 11.8 Å². The normalized spacial score (nSPS) is 9.61. The fourth-order valence-electron chi connectivity index (χ4n) is 1.59. The van der Waals surface area contributed by atoms with Crippen LogP contribution >= 0.6 is 15.9 Å². The minimum absolute atomic E-state index is 0.615. The number of methoxy groups -OCH3 is 1. The quantitative estimate of drug-likeness (QED) is 0.929. The SMILES string of the molecule is COc1ccc(Nc2ccccc2C#N)cc1Br. The highest BCUT2D eigenvalue weighted by atomic mass is 79.9. The molecule has 0 heterocycles. The third kappa shape index (κ3) is 2.63. The van der Waals surface area contributed by atoms with Gasteiger partial charge in [0.1, 0.15) is 11.8 Å². The Balaban J connectivity index is 2.29. The number of para-hydroxylation sites is 1. The van der Waals surface area contributed by atoms with Crippen molar-refractivity contribution in [2.24, 2.45) is 0 Å². The van der Waals surface area contributed by atoms with Gasteiger partial charge in [0.25, 0.3) is 0 Å². The number of rotatable bonds is 3. The number of nitrogens with one attached hydrogen (secondary N) is 1. The van der Waals surface area contributed by atoms with Crippen LogP contribution in [-0.2, 0) is 0 Å². The van der Waals surface area contributed by atoms with E-state index < -0.39 is 0 Å². The summed E-state index contributed by atoms with van der Waals surface area (Å²) in [5, 5.41) is 12.2. The Hall–Kier alpha value is -1.99. The molecule has 0 aliphatic rings. The van der Waals surface area contributed by atoms with Gasteiger partial charge in [0.05, 0.1) is 22.8 Å². The maximum atomic E-state index is 9.01. The molecule has 0 unspecified atom stereocenters. The van der Waals surface area contributed by atoms with E-state index in [9.17, 15) is 0 Å². The topological polar surface area (TPSA) is 45.0 Å². The molecule has 0 aromatic heterocycles. The molecule has 0 saturated heterocycles. The van der Waals surface area contributed by atoms with Crippen LogP contribution in [0.5, 0.6) is 5.75 Å². The maximum absolute atomic E-state index is 9.01. The number of halogens is 1. The number of anilines is 2. The molecule has 0 atom stereocenters. The van der Waals surface area contributed by atoms with Crippen molar-refractivity contribution in [2.45, 2.75) is 0 Å². The van der Waals surface area contributed by atoms with E-state index in [-0.39, 0.29) is 0 Å². The zero-order chi connectivity index (χ0) is 13.0. The highest BCUT2D eigenvalue weighted by Gasteiger charge is 2.04. The van der Waals surface area contributed by atoms with Crippen LogP contribution in [0.15, 0.2) is 46.9 Å². The molecular formula is C14H11BrN2O. The molecule has 0 aliphatic heterocycles. The number of hydrogen-bond acceptors (Lipinski definition) is 3. The van der Waals surface area contributed by atoms with Crippen molar-refractivity contribution in [3.05, 3.63) is 52.5 Å². The Kier molecular flexibility index (Phi) is 3.85. The molecule has 2 aromatic carbocycles. The summed E-state index contributed by atoms with van der Waals surface area (Å²) in [6.45, 7) is 0. The van der Waals surface area contributed by atoms with Gasteiger partial charge in [0.15, 0.2) is 0 Å². The molecule has 0 fully saturated rings. The Morgan fingerprint density at radius 2 is 2.00 bits per heavy atom. The molecule has 3 nitrogen and oxygen atoms in total. The molecule has 0 spiro atoms. The monoisotopic (exact) mass is 302 g/mol. The summed E-state index contributed by atoms with van der Waals surface area (Å²) in [6.07, 6.45) is 0. The van der Waals surface area contributed by atoms with Gasteiger partial charge in [-0.15, -0.1) is 0 Å². The molecule has 2 rings (SSSR count). The molecule has 0 aliphatic carbocycles. The summed E-state index contributed by atoms with van der Waals surface area (Å²) in [5.74, 6) is 0.772. The number of benzene rings is 2. The lowest BCUT2D eigenvalue weighted by Gasteiger charge is -2.10. The first kappa shape index (κ1) is 12.5. The lowest BCUT2D eigenvalue weighted by molar-refractivity contribution is 0.412. The second-order valence-corrected chi connectivity index (χ2v) is 4.49. The van der Waals surface area contributed by atoms with Crippen molar-refractivity contribution >= 4 is 27.3 Å². The van der Waals surface area contributed by atoms with Gasteiger partial charge in [-0.2, -0.15) is 5.26 Å². The zero-order valence-electron chi connectivity index (χ0n) is 9.77. The highest BCUT2D eigenvalue weighted by molar-refractivity contribution is 9.10. The molecule has 0 saturated carbocycles. The average Bonchev–Trinajstić information content (AvgIpc) is 2.39. The molecule has 2 aromatic rings. The Bertz CT molecular complexity index is 605. The molecule has 1 N–H and O–H groups in total. The maximum Gasteiger partial charge on any atom is 0.133 e. The zero-order valence-corrected chi connectivity index (χ0v) is 11.4. The summed E-state index contributed by atoms with van der Waals surface area (Å²) < 4.78 is 6.03. The van der Waals surface area contributed by atoms with Gasteiger partial charge in [-0.1, -0.05) is 12.1 Å². The van der Waals surface area contributed by atoms with Crippen LogP contribution in [0.1, 0.15) is 5.56 Å². The predicted molar refractivity (Wildman–Crippen MR) is 75.1 cm³/mol. The van der Waals surface area contributed by atoms with Crippen LogP contribution in [0.25, 0.3) is 0 Å². The molecular weight excluding hydrogens is 292 g/mol. The first-order chi connectivity index (χ1) is 8.74. The fourth-order valence-corrected chi connectivity index (χ4v) is 2.13. The van der Waals surface area contributed by atoms with Gasteiger partial charge in [0, 0.05) is 5.69 Å². The molecule has 0 amide bonds. The minimum Gasteiger partial charge on any atom is -0.496 e. The average molecular weight is 303 g/mol. The fraction of sp³-hybridized carbons (Fsp3) is 0.0714. The summed E-state index contributed by atoms with van der Waals surface area (Å²) in [7, 11) is 1.62. The van der Waals surface area contributed by atoms with Gasteiger partial charge < -0.3 is 10.1 Å². The van der Waals surface area contributed by atoms with Crippen LogP contribution < -0.4 is 10.1 Å². The second kappa shape index (κ2) is 5.56. The van der Waals surface area contributed by atoms with Crippen molar-refractivity contribution in [1.82, 2.24) is 0 Å². The van der Waals surface area contributed by atoms with Crippen LogP contribution in [-0.4, -0.2) is 7.11 Å². The van der Waals surface area contributed by atoms with Gasteiger partial charge in [0.2, 0.25) is 0 Å². The smallest absolute Gasteiger partial charge is 0.133 e. The number of nitriles is 1. The Morgan fingerprint density at radius 1 is 1.22 bits per heavy atom. The van der Waals surface area contributed by atoms with Crippen LogP contribution in [0, 0.1) is 11.3 Å². The largest absolute Gasteiger partial charge is 0.496 e. The first-order valence-corrected chi connectivity index (χ1v) is 6.13. The van der Waals surface area contributed by atoms with Crippen LogP contribution in [0.2, 0.25) is 0 Å². The summed E-state index contributed by atoms with van der Waals surface area (Å²) in [6, 6.07) is 15.2. The minimum atomic E-state index is 0.615. The summed E-state index contributed by atoms with van der Waals surface area (Å²) in [4.78, 5) is 0. The summed E-state index contributed by atoms with van der Waals surface area (Å²) >= 11 is 3.43. The molecule has 18 heavy (non-hydrogen) atoms. The van der Waals surface area contributed by atoms with Crippen molar-refractivity contribution in [2.75, 3.05) is 12.4 Å². The van der Waals surface area contributed by atoms with E-state index in [0.717, 1.165) is 21.6 Å². The lowest BCUT2D eigenvalue weighted by atomic mass is 10.2. The van der Waals surface area contributed by atoms with Crippen molar-refractivity contribution in [3.63, 3.8) is 0 Å². The standard InChI is InChI=1S/C14H11BrN2O/c1-18-14-7-6-11(8-12(14)15)17-13-5-3-2-4-10(13)9-16/h2-8,17H,1H3. The van der Waals surface area contributed by atoms with Gasteiger partial charge >= 0.3 is 0 Å². The molecule has 0 radical (unpaired) electrons. The second-order valence-electron chi connectivity index (χ2n) is 3.63. The Morgan fingerprint density at radius 3 is 2.67 bits per heavy atom. The van der Waals surface area contributed by atoms with Gasteiger partial charge in [-0.3, -0.25) is 0 Å². The Labute approximate surface area is 114 Å².